The number of nitriles is 2. The molecule has 0 unspecified atom stereocenters. The highest BCUT2D eigenvalue weighted by atomic mass is 16.3. The van der Waals surface area contributed by atoms with E-state index in [1.54, 1.807) is 6.07 Å². The maximum absolute atomic E-state index is 11.9. The standard InChI is InChI=1S/C23H17N3O/c24-15-18(16-25)17-26-22-14-8-7-13-21(22)23(27,19-9-3-1-4-10-19)20-11-5-2-6-12-20/h1-14,17,26-27H. The molecule has 0 saturated carbocycles. The van der Waals surface area contributed by atoms with Crippen LogP contribution in [0.2, 0.25) is 0 Å². The maximum atomic E-state index is 11.9. The van der Waals surface area contributed by atoms with Crippen LogP contribution in [0.4, 0.5) is 5.69 Å². The molecule has 4 heteroatoms. The van der Waals surface area contributed by atoms with Gasteiger partial charge < -0.3 is 10.4 Å². The van der Waals surface area contributed by atoms with Gasteiger partial charge in [-0.1, -0.05) is 78.9 Å². The molecule has 0 saturated heterocycles. The van der Waals surface area contributed by atoms with Crippen LogP contribution in [0.1, 0.15) is 16.7 Å². The fourth-order valence-electron chi connectivity index (χ4n) is 3.00. The summed E-state index contributed by atoms with van der Waals surface area (Å²) < 4.78 is 0. The molecule has 0 amide bonds. The second-order valence-electron chi connectivity index (χ2n) is 5.91. The molecule has 0 aliphatic heterocycles. The summed E-state index contributed by atoms with van der Waals surface area (Å²) >= 11 is 0. The number of hydrogen-bond donors (Lipinski definition) is 2. The quantitative estimate of drug-likeness (QED) is 0.530. The molecule has 0 bridgehead atoms. The molecule has 3 aromatic carbocycles. The second-order valence-corrected chi connectivity index (χ2v) is 5.91. The highest BCUT2D eigenvalue weighted by Crippen LogP contribution is 2.40. The lowest BCUT2D eigenvalue weighted by Crippen LogP contribution is -2.29. The van der Waals surface area contributed by atoms with Crippen LogP contribution in [0.5, 0.6) is 0 Å². The van der Waals surface area contributed by atoms with E-state index in [9.17, 15) is 5.11 Å². The van der Waals surface area contributed by atoms with Crippen molar-refractivity contribution in [3.05, 3.63) is 113 Å². The number of benzene rings is 3. The minimum absolute atomic E-state index is 0.0484. The van der Waals surface area contributed by atoms with Gasteiger partial charge in [-0.2, -0.15) is 10.5 Å². The van der Waals surface area contributed by atoms with Crippen LogP contribution in [0.3, 0.4) is 0 Å². The summed E-state index contributed by atoms with van der Waals surface area (Å²) in [6.07, 6.45) is 1.34. The summed E-state index contributed by atoms with van der Waals surface area (Å²) in [5.41, 5.74) is 1.21. The number of nitrogens with zero attached hydrogens (tertiary/aromatic N) is 2. The van der Waals surface area contributed by atoms with E-state index in [-0.39, 0.29) is 5.57 Å². The Morgan fingerprint density at radius 1 is 0.778 bits per heavy atom. The van der Waals surface area contributed by atoms with Crippen LogP contribution in [0, 0.1) is 22.7 Å². The molecule has 0 aliphatic carbocycles. The average molecular weight is 351 g/mol. The molecule has 0 atom stereocenters. The molecule has 0 aliphatic rings. The fraction of sp³-hybridized carbons (Fsp3) is 0.0435. The largest absolute Gasteiger partial charge is 0.376 e. The van der Waals surface area contributed by atoms with Gasteiger partial charge in [0.1, 0.15) is 23.3 Å². The van der Waals surface area contributed by atoms with Crippen LogP contribution in [0.25, 0.3) is 0 Å². The van der Waals surface area contributed by atoms with E-state index in [2.05, 4.69) is 5.32 Å². The Kier molecular flexibility index (Phi) is 5.33. The third kappa shape index (κ3) is 3.57. The van der Waals surface area contributed by atoms with Crippen molar-refractivity contribution >= 4 is 5.69 Å². The molecule has 4 nitrogen and oxygen atoms in total. The molecule has 0 heterocycles. The summed E-state index contributed by atoms with van der Waals surface area (Å²) in [4.78, 5) is 0. The zero-order valence-corrected chi connectivity index (χ0v) is 14.5. The zero-order valence-electron chi connectivity index (χ0n) is 14.5. The number of anilines is 1. The zero-order chi connectivity index (χ0) is 19.1. The van der Waals surface area contributed by atoms with Crippen molar-refractivity contribution in [2.45, 2.75) is 5.60 Å². The van der Waals surface area contributed by atoms with Crippen molar-refractivity contribution in [2.24, 2.45) is 0 Å². The SMILES string of the molecule is N#CC(C#N)=CNc1ccccc1C(O)(c1ccccc1)c1ccccc1. The van der Waals surface area contributed by atoms with Crippen LogP contribution < -0.4 is 5.32 Å². The van der Waals surface area contributed by atoms with Crippen molar-refractivity contribution < 1.29 is 5.11 Å². The molecule has 3 rings (SSSR count). The van der Waals surface area contributed by atoms with Crippen LogP contribution in [-0.2, 0) is 5.60 Å². The highest BCUT2D eigenvalue weighted by Gasteiger charge is 2.35. The van der Waals surface area contributed by atoms with Gasteiger partial charge in [-0.25, -0.2) is 0 Å². The van der Waals surface area contributed by atoms with Gasteiger partial charge in [0.15, 0.2) is 0 Å². The van der Waals surface area contributed by atoms with E-state index in [4.69, 9.17) is 10.5 Å². The van der Waals surface area contributed by atoms with E-state index in [1.165, 1.54) is 6.20 Å². The number of para-hydroxylation sites is 1. The molecule has 0 radical (unpaired) electrons. The minimum atomic E-state index is -1.40. The number of rotatable bonds is 5. The van der Waals surface area contributed by atoms with Gasteiger partial charge >= 0.3 is 0 Å². The van der Waals surface area contributed by atoms with E-state index < -0.39 is 5.60 Å². The first kappa shape index (κ1) is 17.9. The van der Waals surface area contributed by atoms with Gasteiger partial charge in [0.25, 0.3) is 0 Å². The molecule has 0 spiro atoms. The smallest absolute Gasteiger partial charge is 0.145 e. The first-order chi connectivity index (χ1) is 13.2. The number of nitrogens with one attached hydrogen (secondary N) is 1. The summed E-state index contributed by atoms with van der Waals surface area (Å²) in [7, 11) is 0. The fourth-order valence-corrected chi connectivity index (χ4v) is 3.00. The molecule has 2 N–H and O–H groups in total. The van der Waals surface area contributed by atoms with Crippen molar-refractivity contribution in [3.8, 4) is 12.1 Å². The van der Waals surface area contributed by atoms with E-state index in [1.807, 2.05) is 91.0 Å². The van der Waals surface area contributed by atoms with Gasteiger partial charge in [-0.05, 0) is 17.2 Å². The van der Waals surface area contributed by atoms with Gasteiger partial charge in [0, 0.05) is 17.5 Å². The third-order valence-corrected chi connectivity index (χ3v) is 4.31. The number of aliphatic hydroxyl groups is 1. The normalized spacial score (nSPS) is 10.3. The highest BCUT2D eigenvalue weighted by molar-refractivity contribution is 5.62. The maximum Gasteiger partial charge on any atom is 0.145 e. The number of allylic oxidation sites excluding steroid dienone is 1. The van der Waals surface area contributed by atoms with Gasteiger partial charge in [-0.15, -0.1) is 0 Å². The Bertz CT molecular complexity index is 973. The van der Waals surface area contributed by atoms with Gasteiger partial charge in [-0.3, -0.25) is 0 Å². The molecule has 27 heavy (non-hydrogen) atoms. The Balaban J connectivity index is 2.20. The summed E-state index contributed by atoms with van der Waals surface area (Å²) in [6.45, 7) is 0. The summed E-state index contributed by atoms with van der Waals surface area (Å²) in [5, 5.41) is 32.8. The van der Waals surface area contributed by atoms with Gasteiger partial charge in [0.2, 0.25) is 0 Å². The monoisotopic (exact) mass is 351 g/mol. The Morgan fingerprint density at radius 2 is 1.26 bits per heavy atom. The molecular weight excluding hydrogens is 334 g/mol. The lowest BCUT2D eigenvalue weighted by atomic mass is 9.79. The minimum Gasteiger partial charge on any atom is -0.376 e. The average Bonchev–Trinajstić information content (AvgIpc) is 2.75. The molecule has 0 aromatic heterocycles. The number of hydrogen-bond acceptors (Lipinski definition) is 4. The van der Waals surface area contributed by atoms with Crippen molar-refractivity contribution in [1.82, 2.24) is 0 Å². The molecule has 3 aromatic rings. The van der Waals surface area contributed by atoms with Crippen molar-refractivity contribution in [3.63, 3.8) is 0 Å². The van der Waals surface area contributed by atoms with Crippen molar-refractivity contribution in [2.75, 3.05) is 5.32 Å². The topological polar surface area (TPSA) is 79.8 Å². The summed E-state index contributed by atoms with van der Waals surface area (Å²) in [5.74, 6) is 0. The van der Waals surface area contributed by atoms with Crippen LogP contribution in [0.15, 0.2) is 96.7 Å². The summed E-state index contributed by atoms with van der Waals surface area (Å²) in [6, 6.07) is 29.7. The molecule has 0 fully saturated rings. The second kappa shape index (κ2) is 8.01. The molecular formula is C23H17N3O. The van der Waals surface area contributed by atoms with Crippen LogP contribution in [-0.4, -0.2) is 5.11 Å². The Hall–Kier alpha value is -3.86. The Morgan fingerprint density at radius 3 is 1.78 bits per heavy atom. The lowest BCUT2D eigenvalue weighted by Gasteiger charge is -2.31. The first-order valence-electron chi connectivity index (χ1n) is 8.40. The van der Waals surface area contributed by atoms with Gasteiger partial charge in [0.05, 0.1) is 0 Å². The lowest BCUT2D eigenvalue weighted by molar-refractivity contribution is 0.126. The third-order valence-electron chi connectivity index (χ3n) is 4.31. The Labute approximate surface area is 158 Å². The van der Waals surface area contributed by atoms with E-state index >= 15 is 0 Å². The molecule has 130 valence electrons. The van der Waals surface area contributed by atoms with E-state index in [0.717, 1.165) is 11.1 Å². The predicted molar refractivity (Wildman–Crippen MR) is 104 cm³/mol. The van der Waals surface area contributed by atoms with E-state index in [0.29, 0.717) is 11.3 Å². The van der Waals surface area contributed by atoms with Crippen LogP contribution >= 0.6 is 0 Å². The first-order valence-corrected chi connectivity index (χ1v) is 8.40. The van der Waals surface area contributed by atoms with Crippen molar-refractivity contribution in [1.29, 1.82) is 10.5 Å². The predicted octanol–water partition coefficient (Wildman–Crippen LogP) is 4.31.